The average molecular weight is 347 g/mol. The molecule has 5 rings (SSSR count). The predicted octanol–water partition coefficient (Wildman–Crippen LogP) is 1.91. The van der Waals surface area contributed by atoms with Crippen molar-refractivity contribution in [3.63, 3.8) is 0 Å². The van der Waals surface area contributed by atoms with Crippen LogP contribution in [0.2, 0.25) is 0 Å². The van der Waals surface area contributed by atoms with E-state index in [2.05, 4.69) is 43.0 Å². The van der Waals surface area contributed by atoms with Crippen LogP contribution in [0, 0.1) is 0 Å². The highest BCUT2D eigenvalue weighted by Gasteiger charge is 2.22. The summed E-state index contributed by atoms with van der Waals surface area (Å²) < 4.78 is 2.09. The van der Waals surface area contributed by atoms with E-state index in [0.717, 1.165) is 42.2 Å². The summed E-state index contributed by atoms with van der Waals surface area (Å²) in [6.07, 6.45) is 9.55. The number of hydrazone groups is 1. The molecule has 0 amide bonds. The zero-order valence-electron chi connectivity index (χ0n) is 14.6. The maximum Gasteiger partial charge on any atom is 0.180 e. The van der Waals surface area contributed by atoms with Gasteiger partial charge in [0.15, 0.2) is 11.5 Å². The Morgan fingerprint density at radius 2 is 2.08 bits per heavy atom. The maximum atomic E-state index is 6.07. The zero-order chi connectivity index (χ0) is 17.7. The molecule has 0 spiro atoms. The summed E-state index contributed by atoms with van der Waals surface area (Å²) in [6.45, 7) is 0.865. The molecule has 132 valence electrons. The third-order valence-electron chi connectivity index (χ3n) is 5.17. The molecule has 7 nitrogen and oxygen atoms in total. The van der Waals surface area contributed by atoms with E-state index in [-0.39, 0.29) is 12.0 Å². The second-order valence-electron chi connectivity index (χ2n) is 7.14. The van der Waals surface area contributed by atoms with Gasteiger partial charge >= 0.3 is 0 Å². The Bertz CT molecular complexity index is 1010. The topological polar surface area (TPSA) is 83.8 Å². The molecule has 1 aromatic carbocycles. The second kappa shape index (κ2) is 5.81. The second-order valence-corrected chi connectivity index (χ2v) is 7.14. The van der Waals surface area contributed by atoms with Crippen molar-refractivity contribution in [3.05, 3.63) is 53.6 Å². The van der Waals surface area contributed by atoms with Crippen molar-refractivity contribution in [2.45, 2.75) is 24.8 Å². The molecule has 0 bridgehead atoms. The van der Waals surface area contributed by atoms with E-state index in [0.29, 0.717) is 0 Å². The molecule has 3 heterocycles. The molecule has 0 saturated heterocycles. The zero-order valence-corrected chi connectivity index (χ0v) is 14.6. The molecule has 1 aliphatic carbocycles. The summed E-state index contributed by atoms with van der Waals surface area (Å²) in [5.74, 6) is 0.996. The third kappa shape index (κ3) is 2.52. The molecule has 3 N–H and O–H groups in total. The molecule has 7 heteroatoms. The summed E-state index contributed by atoms with van der Waals surface area (Å²) in [6, 6.07) is 6.66. The van der Waals surface area contributed by atoms with Gasteiger partial charge in [-0.25, -0.2) is 9.97 Å². The fourth-order valence-corrected chi connectivity index (χ4v) is 3.91. The smallest absolute Gasteiger partial charge is 0.180 e. The Hall–Kier alpha value is -2.93. The molecule has 2 aromatic heterocycles. The number of hydrogen-bond acceptors (Lipinski definition) is 6. The largest absolute Gasteiger partial charge is 0.337 e. The molecule has 26 heavy (non-hydrogen) atoms. The highest BCUT2D eigenvalue weighted by Crippen LogP contribution is 2.28. The Balaban J connectivity index is 1.48. The number of benzene rings is 1. The highest BCUT2D eigenvalue weighted by atomic mass is 15.4. The van der Waals surface area contributed by atoms with E-state index in [9.17, 15) is 0 Å². The van der Waals surface area contributed by atoms with Crippen molar-refractivity contribution >= 4 is 23.4 Å². The lowest BCUT2D eigenvalue weighted by atomic mass is 10.1. The van der Waals surface area contributed by atoms with Crippen molar-refractivity contribution in [2.24, 2.45) is 10.8 Å². The fraction of sp³-hybridized carbons (Fsp3) is 0.316. The first-order valence-electron chi connectivity index (χ1n) is 8.89. The molecular formula is C19H21N7. The first kappa shape index (κ1) is 15.3. The molecule has 0 fully saturated rings. The van der Waals surface area contributed by atoms with E-state index < -0.39 is 0 Å². The van der Waals surface area contributed by atoms with Gasteiger partial charge in [-0.2, -0.15) is 5.10 Å². The Labute approximate surface area is 151 Å². The number of hydrogen-bond donors (Lipinski definition) is 2. The van der Waals surface area contributed by atoms with Crippen molar-refractivity contribution in [3.8, 4) is 0 Å². The van der Waals surface area contributed by atoms with Crippen molar-refractivity contribution < 1.29 is 0 Å². The van der Waals surface area contributed by atoms with Crippen LogP contribution in [-0.4, -0.2) is 45.2 Å². The molecule has 0 radical (unpaired) electrons. The molecule has 2 unspecified atom stereocenters. The molecule has 2 aliphatic rings. The monoisotopic (exact) mass is 347 g/mol. The number of nitrogens with zero attached hydrogens (tertiary/aromatic N) is 5. The molecule has 1 aliphatic heterocycles. The number of likely N-dealkylation sites (N-methyl/N-ethyl adjacent to an activating group) is 1. The summed E-state index contributed by atoms with van der Waals surface area (Å²) in [5, 5.41) is 9.70. The maximum absolute atomic E-state index is 6.07. The van der Waals surface area contributed by atoms with E-state index in [1.54, 1.807) is 6.20 Å². The van der Waals surface area contributed by atoms with Gasteiger partial charge in [-0.05, 0) is 36.1 Å². The first-order chi connectivity index (χ1) is 12.7. The minimum absolute atomic E-state index is 0.239. The van der Waals surface area contributed by atoms with E-state index >= 15 is 0 Å². The van der Waals surface area contributed by atoms with Crippen molar-refractivity contribution in [1.82, 2.24) is 19.4 Å². The SMILES string of the molecule is CN1CC(c2cnc3c(Nc4ccc5c(c4)CC(N)C5)nccn23)C=N1. The van der Waals surface area contributed by atoms with Crippen LogP contribution < -0.4 is 11.1 Å². The van der Waals surface area contributed by atoms with E-state index in [4.69, 9.17) is 5.73 Å². The first-order valence-corrected chi connectivity index (χ1v) is 8.89. The molecular weight excluding hydrogens is 326 g/mol. The predicted molar refractivity (Wildman–Crippen MR) is 102 cm³/mol. The fourth-order valence-electron chi connectivity index (χ4n) is 3.91. The lowest BCUT2D eigenvalue weighted by Gasteiger charge is -2.11. The lowest BCUT2D eigenvalue weighted by molar-refractivity contribution is 0.380. The van der Waals surface area contributed by atoms with Gasteiger partial charge in [-0.3, -0.25) is 9.41 Å². The van der Waals surface area contributed by atoms with Crippen LogP contribution in [0.15, 0.2) is 41.9 Å². The Kier molecular flexibility index (Phi) is 3.43. The summed E-state index contributed by atoms with van der Waals surface area (Å²) in [7, 11) is 1.98. The number of imidazole rings is 1. The van der Waals surface area contributed by atoms with Crippen LogP contribution in [0.25, 0.3) is 5.65 Å². The number of nitrogens with one attached hydrogen (secondary N) is 1. The molecule has 2 atom stereocenters. The quantitative estimate of drug-likeness (QED) is 0.756. The van der Waals surface area contributed by atoms with Crippen LogP contribution in [0.5, 0.6) is 0 Å². The summed E-state index contributed by atoms with van der Waals surface area (Å²) >= 11 is 0. The van der Waals surface area contributed by atoms with Gasteiger partial charge in [0.2, 0.25) is 0 Å². The summed E-state index contributed by atoms with van der Waals surface area (Å²) in [5.41, 5.74) is 11.7. The van der Waals surface area contributed by atoms with Gasteiger partial charge < -0.3 is 11.1 Å². The lowest BCUT2D eigenvalue weighted by Crippen LogP contribution is -2.18. The van der Waals surface area contributed by atoms with Crippen LogP contribution in [0.1, 0.15) is 22.7 Å². The minimum Gasteiger partial charge on any atom is -0.337 e. The number of fused-ring (bicyclic) bond motifs is 2. The van der Waals surface area contributed by atoms with Crippen LogP contribution in [0.3, 0.4) is 0 Å². The van der Waals surface area contributed by atoms with Crippen molar-refractivity contribution in [1.29, 1.82) is 0 Å². The number of nitrogens with two attached hydrogens (primary N) is 1. The van der Waals surface area contributed by atoms with E-state index in [1.165, 1.54) is 11.1 Å². The van der Waals surface area contributed by atoms with Gasteiger partial charge in [0.05, 0.1) is 17.8 Å². The summed E-state index contributed by atoms with van der Waals surface area (Å²) in [4.78, 5) is 9.11. The highest BCUT2D eigenvalue weighted by molar-refractivity contribution is 5.73. The van der Waals surface area contributed by atoms with E-state index in [1.807, 2.05) is 30.7 Å². The Morgan fingerprint density at radius 1 is 1.19 bits per heavy atom. The van der Waals surface area contributed by atoms with Crippen LogP contribution in [-0.2, 0) is 12.8 Å². The van der Waals surface area contributed by atoms with Gasteiger partial charge in [0, 0.05) is 43.9 Å². The number of aromatic nitrogens is 3. The number of anilines is 2. The van der Waals surface area contributed by atoms with Gasteiger partial charge in [-0.1, -0.05) is 6.07 Å². The van der Waals surface area contributed by atoms with Gasteiger partial charge in [0.25, 0.3) is 0 Å². The Morgan fingerprint density at radius 3 is 2.92 bits per heavy atom. The van der Waals surface area contributed by atoms with Crippen LogP contribution in [0.4, 0.5) is 11.5 Å². The normalized spacial score (nSPS) is 21.5. The molecule has 0 saturated carbocycles. The average Bonchev–Trinajstić information content (AvgIpc) is 3.32. The third-order valence-corrected chi connectivity index (χ3v) is 5.17. The van der Waals surface area contributed by atoms with Crippen molar-refractivity contribution in [2.75, 3.05) is 18.9 Å². The van der Waals surface area contributed by atoms with Gasteiger partial charge in [-0.15, -0.1) is 0 Å². The van der Waals surface area contributed by atoms with Gasteiger partial charge in [0.1, 0.15) is 0 Å². The number of rotatable bonds is 3. The van der Waals surface area contributed by atoms with Crippen LogP contribution >= 0.6 is 0 Å². The molecule has 3 aromatic rings. The standard InChI is InChI=1S/C19H21N7/c1-25-11-14(9-23-25)17-10-22-19-18(21-4-5-26(17)19)24-16-3-2-12-6-15(20)7-13(12)8-16/h2-5,8-10,14-15H,6-7,11,20H2,1H3,(H,21,24). The minimum atomic E-state index is 0.239.